The fourth-order valence-electron chi connectivity index (χ4n) is 1.42. The lowest BCUT2D eigenvalue weighted by Gasteiger charge is -2.20. The number of hydrogen-bond acceptors (Lipinski definition) is 4. The number of rotatable bonds is 4. The van der Waals surface area contributed by atoms with Crippen molar-refractivity contribution < 1.29 is 17.2 Å². The molecule has 0 heterocycles. The van der Waals surface area contributed by atoms with Crippen LogP contribution in [0, 0.1) is 0 Å². The molecule has 4 nitrogen and oxygen atoms in total. The summed E-state index contributed by atoms with van der Waals surface area (Å²) in [6, 6.07) is 4.05. The Morgan fingerprint density at radius 2 is 2.00 bits per heavy atom. The minimum atomic E-state index is -3.34. The zero-order chi connectivity index (χ0) is 13.2. The minimum Gasteiger partial charge on any atom is -0.397 e. The Hall–Kier alpha value is -1.37. The zero-order valence-electron chi connectivity index (χ0n) is 9.52. The van der Waals surface area contributed by atoms with E-state index in [1.54, 1.807) is 0 Å². The summed E-state index contributed by atoms with van der Waals surface area (Å²) in [5.41, 5.74) is 6.19. The zero-order valence-corrected chi connectivity index (χ0v) is 10.3. The molecule has 1 aromatic carbocycles. The topological polar surface area (TPSA) is 63.4 Å². The van der Waals surface area contributed by atoms with Crippen molar-refractivity contribution >= 4 is 21.2 Å². The maximum Gasteiger partial charge on any atom is 0.255 e. The molecule has 1 rings (SSSR count). The van der Waals surface area contributed by atoms with E-state index in [9.17, 15) is 17.2 Å². The van der Waals surface area contributed by atoms with Gasteiger partial charge in [0.2, 0.25) is 0 Å². The van der Waals surface area contributed by atoms with E-state index < -0.39 is 22.8 Å². The third-order valence-electron chi connectivity index (χ3n) is 2.25. The van der Waals surface area contributed by atoms with E-state index in [0.717, 1.165) is 6.26 Å². The largest absolute Gasteiger partial charge is 0.397 e. The van der Waals surface area contributed by atoms with Gasteiger partial charge < -0.3 is 10.6 Å². The summed E-state index contributed by atoms with van der Waals surface area (Å²) in [5, 5.41) is 0. The molecule has 0 saturated heterocycles. The van der Waals surface area contributed by atoms with Crippen molar-refractivity contribution in [1.29, 1.82) is 0 Å². The highest BCUT2D eigenvalue weighted by atomic mass is 32.2. The van der Waals surface area contributed by atoms with Crippen LogP contribution in [0.3, 0.4) is 0 Å². The summed E-state index contributed by atoms with van der Waals surface area (Å²) in [5.74, 6) is 0. The Morgan fingerprint density at radius 3 is 2.41 bits per heavy atom. The van der Waals surface area contributed by atoms with Crippen LogP contribution in [-0.4, -0.2) is 34.7 Å². The Morgan fingerprint density at radius 1 is 1.41 bits per heavy atom. The Kier molecular flexibility index (Phi) is 3.92. The molecule has 0 aromatic heterocycles. The van der Waals surface area contributed by atoms with Crippen LogP contribution in [0.25, 0.3) is 0 Å². The molecule has 0 radical (unpaired) electrons. The molecule has 0 aliphatic carbocycles. The first-order valence-corrected chi connectivity index (χ1v) is 6.70. The van der Waals surface area contributed by atoms with Crippen LogP contribution in [0.2, 0.25) is 0 Å². The molecule has 0 spiro atoms. The van der Waals surface area contributed by atoms with Crippen molar-refractivity contribution in [2.24, 2.45) is 0 Å². The van der Waals surface area contributed by atoms with Gasteiger partial charge in [0.15, 0.2) is 9.84 Å². The highest BCUT2D eigenvalue weighted by molar-refractivity contribution is 7.90. The standard InChI is InChI=1S/C10H14F2N2O2S/c1-14(6-10(11)12)9-4-3-7(5-8(9)13)17(2,15)16/h3-5,10H,6,13H2,1-2H3. The van der Waals surface area contributed by atoms with Gasteiger partial charge in [0.1, 0.15) is 0 Å². The first-order chi connectivity index (χ1) is 7.71. The van der Waals surface area contributed by atoms with Gasteiger partial charge in [-0.2, -0.15) is 0 Å². The second-order valence-electron chi connectivity index (χ2n) is 3.76. The number of sulfone groups is 1. The van der Waals surface area contributed by atoms with E-state index in [2.05, 4.69) is 0 Å². The van der Waals surface area contributed by atoms with Crippen LogP contribution in [0.15, 0.2) is 23.1 Å². The summed E-state index contributed by atoms with van der Waals surface area (Å²) in [4.78, 5) is 1.36. The fourth-order valence-corrected chi connectivity index (χ4v) is 2.07. The van der Waals surface area contributed by atoms with Crippen LogP contribution in [0.4, 0.5) is 20.2 Å². The first-order valence-electron chi connectivity index (χ1n) is 4.80. The Labute approximate surface area is 98.9 Å². The third-order valence-corrected chi connectivity index (χ3v) is 3.36. The highest BCUT2D eigenvalue weighted by Gasteiger charge is 2.14. The van der Waals surface area contributed by atoms with Crippen LogP contribution in [0.1, 0.15) is 0 Å². The van der Waals surface area contributed by atoms with Crippen molar-refractivity contribution in [2.45, 2.75) is 11.3 Å². The number of halogens is 2. The van der Waals surface area contributed by atoms with Gasteiger partial charge in [-0.05, 0) is 18.2 Å². The lowest BCUT2D eigenvalue weighted by atomic mass is 10.2. The van der Waals surface area contributed by atoms with Crippen molar-refractivity contribution in [1.82, 2.24) is 0 Å². The molecule has 7 heteroatoms. The molecule has 0 saturated carbocycles. The van der Waals surface area contributed by atoms with Crippen LogP contribution < -0.4 is 10.6 Å². The second kappa shape index (κ2) is 4.87. The molecule has 0 amide bonds. The first kappa shape index (κ1) is 13.7. The van der Waals surface area contributed by atoms with Crippen molar-refractivity contribution in [3.8, 4) is 0 Å². The molecule has 0 atom stereocenters. The molecule has 0 unspecified atom stereocenters. The number of alkyl halides is 2. The van der Waals surface area contributed by atoms with E-state index in [1.807, 2.05) is 0 Å². The number of anilines is 2. The molecule has 0 fully saturated rings. The van der Waals surface area contributed by atoms with E-state index in [4.69, 9.17) is 5.73 Å². The normalized spacial score (nSPS) is 11.8. The number of hydrogen-bond donors (Lipinski definition) is 1. The SMILES string of the molecule is CN(CC(F)F)c1ccc(S(C)(=O)=O)cc1N. The fraction of sp³-hybridized carbons (Fsp3) is 0.400. The average molecular weight is 264 g/mol. The Bertz CT molecular complexity index is 503. The summed E-state index contributed by atoms with van der Waals surface area (Å²) in [6.07, 6.45) is -1.42. The van der Waals surface area contributed by atoms with E-state index in [1.165, 1.54) is 30.1 Å². The van der Waals surface area contributed by atoms with Gasteiger partial charge >= 0.3 is 0 Å². The van der Waals surface area contributed by atoms with Crippen molar-refractivity contribution in [2.75, 3.05) is 30.5 Å². The maximum atomic E-state index is 12.2. The summed E-state index contributed by atoms with van der Waals surface area (Å²) >= 11 is 0. The van der Waals surface area contributed by atoms with Gasteiger partial charge in [0, 0.05) is 13.3 Å². The third kappa shape index (κ3) is 3.55. The lowest BCUT2D eigenvalue weighted by Crippen LogP contribution is -2.24. The molecule has 96 valence electrons. The second-order valence-corrected chi connectivity index (χ2v) is 5.78. The van der Waals surface area contributed by atoms with Crippen LogP contribution >= 0.6 is 0 Å². The quantitative estimate of drug-likeness (QED) is 0.834. The van der Waals surface area contributed by atoms with E-state index >= 15 is 0 Å². The molecule has 0 aliphatic rings. The molecular weight excluding hydrogens is 250 g/mol. The predicted molar refractivity (Wildman–Crippen MR) is 63.2 cm³/mol. The maximum absolute atomic E-state index is 12.2. The number of nitrogens with two attached hydrogens (primary N) is 1. The van der Waals surface area contributed by atoms with E-state index in [-0.39, 0.29) is 10.6 Å². The van der Waals surface area contributed by atoms with Gasteiger partial charge in [-0.15, -0.1) is 0 Å². The molecule has 0 aliphatic heterocycles. The lowest BCUT2D eigenvalue weighted by molar-refractivity contribution is 0.156. The smallest absolute Gasteiger partial charge is 0.255 e. The molecule has 1 aromatic rings. The van der Waals surface area contributed by atoms with Crippen LogP contribution in [-0.2, 0) is 9.84 Å². The monoisotopic (exact) mass is 264 g/mol. The van der Waals surface area contributed by atoms with Crippen LogP contribution in [0.5, 0.6) is 0 Å². The van der Waals surface area contributed by atoms with Gasteiger partial charge in [0.25, 0.3) is 6.43 Å². The molecule has 0 bridgehead atoms. The van der Waals surface area contributed by atoms with Crippen molar-refractivity contribution in [3.63, 3.8) is 0 Å². The van der Waals surface area contributed by atoms with Gasteiger partial charge in [0.05, 0.1) is 22.8 Å². The number of nitrogen functional groups attached to an aromatic ring is 1. The number of nitrogens with zero attached hydrogens (tertiary/aromatic N) is 1. The van der Waals surface area contributed by atoms with Gasteiger partial charge in [-0.25, -0.2) is 17.2 Å². The predicted octanol–water partition coefficient (Wildman–Crippen LogP) is 1.37. The minimum absolute atomic E-state index is 0.0733. The van der Waals surface area contributed by atoms with Gasteiger partial charge in [-0.3, -0.25) is 0 Å². The summed E-state index contributed by atoms with van der Waals surface area (Å²) in [7, 11) is -1.87. The highest BCUT2D eigenvalue weighted by Crippen LogP contribution is 2.25. The molecular formula is C10H14F2N2O2S. The van der Waals surface area contributed by atoms with Crippen molar-refractivity contribution in [3.05, 3.63) is 18.2 Å². The molecule has 17 heavy (non-hydrogen) atoms. The average Bonchev–Trinajstić information content (AvgIpc) is 2.14. The summed E-state index contributed by atoms with van der Waals surface area (Å²) in [6.45, 7) is -0.456. The summed E-state index contributed by atoms with van der Waals surface area (Å²) < 4.78 is 46.9. The number of benzene rings is 1. The van der Waals surface area contributed by atoms with E-state index in [0.29, 0.717) is 5.69 Å². The Balaban J connectivity index is 3.06. The van der Waals surface area contributed by atoms with Gasteiger partial charge in [-0.1, -0.05) is 0 Å². The molecule has 2 N–H and O–H groups in total.